The molecule has 1 N–H and O–H groups in total. The Morgan fingerprint density at radius 3 is 2.70 bits per heavy atom. The molecule has 144 valence electrons. The first-order valence-corrected chi connectivity index (χ1v) is 8.91. The van der Waals surface area contributed by atoms with E-state index in [4.69, 9.17) is 15.7 Å². The molecule has 2 aromatic rings. The van der Waals surface area contributed by atoms with Gasteiger partial charge >= 0.3 is 0 Å². The molecule has 1 aromatic carbocycles. The van der Waals surface area contributed by atoms with Crippen LogP contribution in [0.5, 0.6) is 0 Å². The Balaban J connectivity index is 1.48. The zero-order valence-corrected chi connectivity index (χ0v) is 15.3. The number of rotatable bonds is 5. The third-order valence-electron chi connectivity index (χ3n) is 4.54. The predicted octanol–water partition coefficient (Wildman–Crippen LogP) is 3.31. The van der Waals surface area contributed by atoms with E-state index in [1.165, 1.54) is 29.4 Å². The minimum absolute atomic E-state index is 0.0488. The molecule has 0 aliphatic carbocycles. The smallest absolute Gasteiger partial charge is 0.253 e. The molecule has 0 bridgehead atoms. The second-order valence-corrected chi connectivity index (χ2v) is 6.97. The molecule has 1 saturated heterocycles. The lowest BCUT2D eigenvalue weighted by molar-refractivity contribution is 0.0434. The number of aryl methyl sites for hydroxylation is 1. The first-order valence-electron chi connectivity index (χ1n) is 10.0. The number of hydrogen-bond acceptors (Lipinski definition) is 4. The van der Waals surface area contributed by atoms with Crippen LogP contribution in [0.3, 0.4) is 0 Å². The topological polar surface area (TPSA) is 58.1 Å². The number of nitrogens with one attached hydrogen (secondary N) is 1. The van der Waals surface area contributed by atoms with Crippen molar-refractivity contribution < 1.29 is 17.7 Å². The second-order valence-electron chi connectivity index (χ2n) is 6.56. The molecular weight excluding hydrogens is 374 g/mol. The van der Waals surface area contributed by atoms with Gasteiger partial charge in [0, 0.05) is 54.5 Å². The van der Waals surface area contributed by atoms with E-state index in [1.807, 2.05) is 0 Å². The Hall–Kier alpha value is -2.12. The summed E-state index contributed by atoms with van der Waals surface area (Å²) in [6.07, 6.45) is 2.79. The molecule has 27 heavy (non-hydrogen) atoms. The van der Waals surface area contributed by atoms with Gasteiger partial charge in [-0.3, -0.25) is 4.79 Å². The van der Waals surface area contributed by atoms with Gasteiger partial charge in [0.15, 0.2) is 0 Å². The van der Waals surface area contributed by atoms with Gasteiger partial charge in [0.05, 0.1) is 11.6 Å². The van der Waals surface area contributed by atoms with Crippen LogP contribution in [-0.4, -0.2) is 46.1 Å². The summed E-state index contributed by atoms with van der Waals surface area (Å²) >= 11 is 5.73. The molecule has 0 saturated carbocycles. The van der Waals surface area contributed by atoms with Gasteiger partial charge in [-0.2, -0.15) is 0 Å². The summed E-state index contributed by atoms with van der Waals surface area (Å²) in [5.41, 5.74) is -1.17. The second kappa shape index (κ2) is 8.27. The zero-order valence-electron chi connectivity index (χ0n) is 17.5. The standard InChI is InChI=1S/C19H21ClF2N4O/c1-13-9-24-17(25-10-13)11-23-12-19(22)4-6-26(7-5-19)18(27)14-2-3-16(21)15(20)8-14/h2-3,8-10,23H,4-7,11-12H2,1H3/i1D3. The van der Waals surface area contributed by atoms with E-state index in [9.17, 15) is 9.18 Å². The summed E-state index contributed by atoms with van der Waals surface area (Å²) in [7, 11) is 0. The van der Waals surface area contributed by atoms with Gasteiger partial charge in [-0.05, 0) is 30.6 Å². The number of aromatic nitrogens is 2. The first kappa shape index (κ1) is 15.9. The van der Waals surface area contributed by atoms with E-state index in [2.05, 4.69) is 15.3 Å². The number of amides is 1. The maximum Gasteiger partial charge on any atom is 0.253 e. The summed E-state index contributed by atoms with van der Waals surface area (Å²) in [4.78, 5) is 22.0. The maximum absolute atomic E-state index is 15.1. The van der Waals surface area contributed by atoms with Crippen LogP contribution in [-0.2, 0) is 6.54 Å². The van der Waals surface area contributed by atoms with Gasteiger partial charge in [-0.25, -0.2) is 18.7 Å². The van der Waals surface area contributed by atoms with Gasteiger partial charge in [-0.1, -0.05) is 11.6 Å². The summed E-state index contributed by atoms with van der Waals surface area (Å²) in [5, 5.41) is 2.83. The van der Waals surface area contributed by atoms with Crippen molar-refractivity contribution in [3.8, 4) is 0 Å². The fraction of sp³-hybridized carbons (Fsp3) is 0.421. The predicted molar refractivity (Wildman–Crippen MR) is 98.9 cm³/mol. The number of nitrogens with zero attached hydrogens (tertiary/aromatic N) is 3. The van der Waals surface area contributed by atoms with Crippen LogP contribution in [0.2, 0.25) is 5.02 Å². The number of carbonyl (C=O) groups excluding carboxylic acids is 1. The monoisotopic (exact) mass is 397 g/mol. The minimum Gasteiger partial charge on any atom is -0.338 e. The lowest BCUT2D eigenvalue weighted by Gasteiger charge is -2.36. The summed E-state index contributed by atoms with van der Waals surface area (Å²) < 4.78 is 50.2. The van der Waals surface area contributed by atoms with Crippen molar-refractivity contribution in [2.24, 2.45) is 0 Å². The summed E-state index contributed by atoms with van der Waals surface area (Å²) in [5.74, 6) is -0.542. The van der Waals surface area contributed by atoms with Gasteiger partial charge in [0.25, 0.3) is 5.91 Å². The highest BCUT2D eigenvalue weighted by molar-refractivity contribution is 6.31. The SMILES string of the molecule is [2H]C([2H])([2H])c1cnc(CNCC2(F)CCN(C(=O)c3ccc(F)c(Cl)c3)CC2)nc1. The van der Waals surface area contributed by atoms with E-state index in [-0.39, 0.29) is 61.1 Å². The van der Waals surface area contributed by atoms with Crippen LogP contribution < -0.4 is 5.32 Å². The third-order valence-corrected chi connectivity index (χ3v) is 4.83. The molecule has 5 nitrogen and oxygen atoms in total. The fourth-order valence-corrected chi connectivity index (χ4v) is 3.12. The van der Waals surface area contributed by atoms with E-state index < -0.39 is 18.3 Å². The average molecular weight is 398 g/mol. The van der Waals surface area contributed by atoms with Gasteiger partial charge < -0.3 is 10.2 Å². The van der Waals surface area contributed by atoms with E-state index in [1.54, 1.807) is 0 Å². The molecule has 0 spiro atoms. The van der Waals surface area contributed by atoms with Crippen LogP contribution in [0.1, 0.15) is 38.7 Å². The van der Waals surface area contributed by atoms with Crippen molar-refractivity contribution in [3.63, 3.8) is 0 Å². The van der Waals surface area contributed by atoms with Crippen molar-refractivity contribution in [3.05, 3.63) is 58.4 Å². The van der Waals surface area contributed by atoms with Crippen molar-refractivity contribution in [2.75, 3.05) is 19.6 Å². The Bertz CT molecular complexity index is 904. The maximum atomic E-state index is 15.1. The first-order chi connectivity index (χ1) is 14.1. The fourth-order valence-electron chi connectivity index (χ4n) is 2.94. The quantitative estimate of drug-likeness (QED) is 0.840. The molecule has 2 heterocycles. The van der Waals surface area contributed by atoms with Gasteiger partial charge in [0.2, 0.25) is 0 Å². The molecular formula is C19H21ClF2N4O. The molecule has 0 unspecified atom stereocenters. The van der Waals surface area contributed by atoms with Crippen molar-refractivity contribution in [2.45, 2.75) is 31.9 Å². The Morgan fingerprint density at radius 1 is 1.37 bits per heavy atom. The number of hydrogen-bond donors (Lipinski definition) is 1. The van der Waals surface area contributed by atoms with Crippen molar-refractivity contribution >= 4 is 17.5 Å². The molecule has 1 aliphatic heterocycles. The van der Waals surface area contributed by atoms with Gasteiger partial charge in [0.1, 0.15) is 17.3 Å². The molecule has 1 aliphatic rings. The van der Waals surface area contributed by atoms with Crippen LogP contribution >= 0.6 is 11.6 Å². The van der Waals surface area contributed by atoms with E-state index in [0.717, 1.165) is 6.07 Å². The van der Waals surface area contributed by atoms with E-state index >= 15 is 4.39 Å². The van der Waals surface area contributed by atoms with E-state index in [0.29, 0.717) is 5.82 Å². The average Bonchev–Trinajstić information content (AvgIpc) is 2.70. The largest absolute Gasteiger partial charge is 0.338 e. The van der Waals surface area contributed by atoms with Crippen LogP contribution in [0.4, 0.5) is 8.78 Å². The highest BCUT2D eigenvalue weighted by atomic mass is 35.5. The number of carbonyl (C=O) groups is 1. The number of likely N-dealkylation sites (tertiary alicyclic amines) is 1. The number of alkyl halides is 1. The zero-order chi connectivity index (χ0) is 21.9. The highest BCUT2D eigenvalue weighted by Crippen LogP contribution is 2.27. The number of piperidine rings is 1. The molecule has 8 heteroatoms. The Labute approximate surface area is 166 Å². The Kier molecular flexibility index (Phi) is 4.87. The van der Waals surface area contributed by atoms with Crippen LogP contribution in [0.15, 0.2) is 30.6 Å². The normalized spacial score (nSPS) is 18.5. The molecule has 0 atom stereocenters. The lowest BCUT2D eigenvalue weighted by atomic mass is 9.92. The molecule has 1 fully saturated rings. The molecule has 1 aromatic heterocycles. The molecule has 0 radical (unpaired) electrons. The molecule has 1 amide bonds. The van der Waals surface area contributed by atoms with Crippen molar-refractivity contribution in [1.82, 2.24) is 20.2 Å². The summed E-state index contributed by atoms with van der Waals surface area (Å²) in [6.45, 7) is -1.54. The number of benzene rings is 1. The third kappa shape index (κ3) is 4.99. The Morgan fingerprint density at radius 2 is 2.07 bits per heavy atom. The van der Waals surface area contributed by atoms with Crippen LogP contribution in [0.25, 0.3) is 0 Å². The van der Waals surface area contributed by atoms with Crippen LogP contribution in [0, 0.1) is 12.7 Å². The molecule has 3 rings (SSSR count). The minimum atomic E-state index is -2.26. The lowest BCUT2D eigenvalue weighted by Crippen LogP contribution is -2.48. The van der Waals surface area contributed by atoms with Crippen molar-refractivity contribution in [1.29, 1.82) is 0 Å². The highest BCUT2D eigenvalue weighted by Gasteiger charge is 2.36. The number of halogens is 3. The van der Waals surface area contributed by atoms with Gasteiger partial charge in [-0.15, -0.1) is 0 Å². The summed E-state index contributed by atoms with van der Waals surface area (Å²) in [6, 6.07) is 3.77.